The lowest BCUT2D eigenvalue weighted by Gasteiger charge is -2.21. The van der Waals surface area contributed by atoms with Gasteiger partial charge in [0.05, 0.1) is 11.3 Å². The Kier molecular flexibility index (Phi) is 8.03. The zero-order valence-corrected chi connectivity index (χ0v) is 17.2. The van der Waals surface area contributed by atoms with Crippen LogP contribution in [0.25, 0.3) is 5.70 Å². The highest BCUT2D eigenvalue weighted by Crippen LogP contribution is 2.23. The molecule has 0 radical (unpaired) electrons. The minimum absolute atomic E-state index is 0.230. The summed E-state index contributed by atoms with van der Waals surface area (Å²) in [7, 11) is 0. The van der Waals surface area contributed by atoms with Crippen molar-refractivity contribution < 1.29 is 9.53 Å². The standard InChI is InChI=1S/C24H30N4O2/c25-23(19-8-10-21(11-9-19)30-20-6-2-1-3-7-20)22(24(26)29)17-28-14-4-5-18-12-15-27-16-13-18/h1-3,6-11,17-18,27H,4-5,12-16,25H2,(H2,26,29). The van der Waals surface area contributed by atoms with Gasteiger partial charge in [0.1, 0.15) is 11.5 Å². The molecular formula is C24H30N4O2. The van der Waals surface area contributed by atoms with Gasteiger partial charge in [-0.05, 0) is 86.7 Å². The summed E-state index contributed by atoms with van der Waals surface area (Å²) in [5.41, 5.74) is 13.0. The summed E-state index contributed by atoms with van der Waals surface area (Å²) in [6, 6.07) is 16.8. The van der Waals surface area contributed by atoms with Crippen molar-refractivity contribution >= 4 is 17.8 Å². The molecule has 30 heavy (non-hydrogen) atoms. The van der Waals surface area contributed by atoms with Crippen LogP contribution in [-0.4, -0.2) is 31.8 Å². The molecule has 2 aromatic rings. The molecule has 158 valence electrons. The van der Waals surface area contributed by atoms with Crippen molar-refractivity contribution in [3.63, 3.8) is 0 Å². The van der Waals surface area contributed by atoms with E-state index in [4.69, 9.17) is 16.2 Å². The third-order valence-electron chi connectivity index (χ3n) is 5.28. The number of carbonyl (C=O) groups is 1. The molecule has 0 saturated carbocycles. The van der Waals surface area contributed by atoms with Gasteiger partial charge >= 0.3 is 0 Å². The molecule has 1 aliphatic heterocycles. The van der Waals surface area contributed by atoms with Crippen LogP contribution in [0.5, 0.6) is 11.5 Å². The molecule has 0 atom stereocenters. The number of hydrogen-bond donors (Lipinski definition) is 3. The number of piperidine rings is 1. The largest absolute Gasteiger partial charge is 0.457 e. The highest BCUT2D eigenvalue weighted by Gasteiger charge is 2.12. The van der Waals surface area contributed by atoms with Gasteiger partial charge < -0.3 is 21.5 Å². The van der Waals surface area contributed by atoms with Gasteiger partial charge in [0, 0.05) is 12.8 Å². The van der Waals surface area contributed by atoms with E-state index in [0.29, 0.717) is 23.6 Å². The molecule has 6 heteroatoms. The molecule has 0 aliphatic carbocycles. The number of hydrogen-bond acceptors (Lipinski definition) is 5. The number of rotatable bonds is 9. The van der Waals surface area contributed by atoms with Crippen LogP contribution in [0.3, 0.4) is 0 Å². The van der Waals surface area contributed by atoms with Gasteiger partial charge in [0.25, 0.3) is 5.91 Å². The van der Waals surface area contributed by atoms with E-state index in [1.54, 1.807) is 0 Å². The average molecular weight is 407 g/mol. The summed E-state index contributed by atoms with van der Waals surface area (Å²) in [6.07, 6.45) is 6.13. The molecule has 3 rings (SSSR count). The first kappa shape index (κ1) is 21.6. The van der Waals surface area contributed by atoms with Gasteiger partial charge in [-0.15, -0.1) is 0 Å². The van der Waals surface area contributed by atoms with E-state index in [1.165, 1.54) is 19.1 Å². The topological polar surface area (TPSA) is 103 Å². The van der Waals surface area contributed by atoms with Crippen LogP contribution in [0.15, 0.2) is 65.2 Å². The second kappa shape index (κ2) is 11.2. The Morgan fingerprint density at radius 2 is 1.70 bits per heavy atom. The Morgan fingerprint density at radius 3 is 2.37 bits per heavy atom. The molecule has 1 fully saturated rings. The maximum absolute atomic E-state index is 11.9. The van der Waals surface area contributed by atoms with Crippen molar-refractivity contribution in [2.24, 2.45) is 22.4 Å². The van der Waals surface area contributed by atoms with Crippen molar-refractivity contribution in [3.05, 3.63) is 65.7 Å². The third-order valence-corrected chi connectivity index (χ3v) is 5.28. The molecule has 2 aromatic carbocycles. The Balaban J connectivity index is 1.59. The van der Waals surface area contributed by atoms with Gasteiger partial charge in [0.2, 0.25) is 0 Å². The quantitative estimate of drug-likeness (QED) is 0.337. The second-order valence-electron chi connectivity index (χ2n) is 7.50. The molecule has 5 N–H and O–H groups in total. The zero-order valence-electron chi connectivity index (χ0n) is 17.2. The number of para-hydroxylation sites is 1. The second-order valence-corrected chi connectivity index (χ2v) is 7.50. The molecule has 0 bridgehead atoms. The van der Waals surface area contributed by atoms with E-state index >= 15 is 0 Å². The van der Waals surface area contributed by atoms with Crippen molar-refractivity contribution in [1.29, 1.82) is 0 Å². The lowest BCUT2D eigenvalue weighted by atomic mass is 9.93. The van der Waals surface area contributed by atoms with Crippen LogP contribution in [-0.2, 0) is 4.79 Å². The van der Waals surface area contributed by atoms with Gasteiger partial charge in [-0.2, -0.15) is 0 Å². The average Bonchev–Trinajstić information content (AvgIpc) is 2.77. The van der Waals surface area contributed by atoms with Crippen LogP contribution in [0.2, 0.25) is 0 Å². The normalized spacial score (nSPS) is 15.7. The fourth-order valence-electron chi connectivity index (χ4n) is 3.55. The first-order chi connectivity index (χ1) is 14.6. The van der Waals surface area contributed by atoms with Crippen LogP contribution in [0, 0.1) is 5.92 Å². The summed E-state index contributed by atoms with van der Waals surface area (Å²) in [5.74, 6) is 1.63. The maximum atomic E-state index is 11.9. The molecule has 0 unspecified atom stereocenters. The Hall–Kier alpha value is -3.12. The van der Waals surface area contributed by atoms with E-state index in [-0.39, 0.29) is 5.57 Å². The number of amides is 1. The molecular weight excluding hydrogens is 376 g/mol. The van der Waals surface area contributed by atoms with E-state index in [2.05, 4.69) is 10.3 Å². The molecule has 6 nitrogen and oxygen atoms in total. The molecule has 1 heterocycles. The Bertz CT molecular complexity index is 870. The van der Waals surface area contributed by atoms with Gasteiger partial charge in [0.15, 0.2) is 0 Å². The summed E-state index contributed by atoms with van der Waals surface area (Å²) >= 11 is 0. The summed E-state index contributed by atoms with van der Waals surface area (Å²) in [6.45, 7) is 2.88. The number of ether oxygens (including phenoxy) is 1. The van der Waals surface area contributed by atoms with E-state index in [1.807, 2.05) is 54.6 Å². The SMILES string of the molecule is NC(=O)C(C=NCCCC1CCNCC1)=C(N)c1ccc(Oc2ccccc2)cc1. The van der Waals surface area contributed by atoms with Crippen LogP contribution in [0.1, 0.15) is 31.2 Å². The van der Waals surface area contributed by atoms with Crippen LogP contribution >= 0.6 is 0 Å². The number of primary amides is 1. The number of nitrogens with one attached hydrogen (secondary N) is 1. The zero-order chi connectivity index (χ0) is 21.2. The molecule has 0 spiro atoms. The summed E-state index contributed by atoms with van der Waals surface area (Å²) in [4.78, 5) is 16.3. The smallest absolute Gasteiger partial charge is 0.252 e. The minimum atomic E-state index is -0.584. The highest BCUT2D eigenvalue weighted by atomic mass is 16.5. The predicted molar refractivity (Wildman–Crippen MR) is 121 cm³/mol. The van der Waals surface area contributed by atoms with Gasteiger partial charge in [-0.3, -0.25) is 9.79 Å². The number of aliphatic imine (C=N–C) groups is 1. The molecule has 1 aliphatic rings. The van der Waals surface area contributed by atoms with Crippen molar-refractivity contribution in [2.75, 3.05) is 19.6 Å². The number of nitrogens with zero attached hydrogens (tertiary/aromatic N) is 1. The summed E-state index contributed by atoms with van der Waals surface area (Å²) in [5, 5.41) is 3.38. The first-order valence-electron chi connectivity index (χ1n) is 10.5. The lowest BCUT2D eigenvalue weighted by molar-refractivity contribution is -0.114. The number of benzene rings is 2. The highest BCUT2D eigenvalue weighted by molar-refractivity contribution is 6.17. The molecule has 0 aromatic heterocycles. The van der Waals surface area contributed by atoms with Gasteiger partial charge in [-0.25, -0.2) is 0 Å². The van der Waals surface area contributed by atoms with E-state index in [9.17, 15) is 4.79 Å². The van der Waals surface area contributed by atoms with Crippen molar-refractivity contribution in [1.82, 2.24) is 5.32 Å². The van der Waals surface area contributed by atoms with Crippen molar-refractivity contribution in [2.45, 2.75) is 25.7 Å². The predicted octanol–water partition coefficient (Wildman–Crippen LogP) is 3.48. The summed E-state index contributed by atoms with van der Waals surface area (Å²) < 4.78 is 5.78. The maximum Gasteiger partial charge on any atom is 0.252 e. The van der Waals surface area contributed by atoms with Crippen LogP contribution in [0.4, 0.5) is 0 Å². The Labute approximate surface area is 178 Å². The monoisotopic (exact) mass is 406 g/mol. The first-order valence-corrected chi connectivity index (χ1v) is 10.5. The fourth-order valence-corrected chi connectivity index (χ4v) is 3.55. The molecule has 1 saturated heterocycles. The fraction of sp³-hybridized carbons (Fsp3) is 0.333. The van der Waals surface area contributed by atoms with Crippen molar-refractivity contribution in [3.8, 4) is 11.5 Å². The number of nitrogens with two attached hydrogens (primary N) is 2. The van der Waals surface area contributed by atoms with E-state index < -0.39 is 5.91 Å². The number of carbonyl (C=O) groups excluding carboxylic acids is 1. The van der Waals surface area contributed by atoms with Gasteiger partial charge in [-0.1, -0.05) is 18.2 Å². The Morgan fingerprint density at radius 1 is 1.03 bits per heavy atom. The minimum Gasteiger partial charge on any atom is -0.457 e. The lowest BCUT2D eigenvalue weighted by Crippen LogP contribution is -2.27. The van der Waals surface area contributed by atoms with Crippen LogP contribution < -0.4 is 21.5 Å². The third kappa shape index (κ3) is 6.46. The van der Waals surface area contributed by atoms with E-state index in [0.717, 1.165) is 37.6 Å². The molecule has 1 amide bonds.